The van der Waals surface area contributed by atoms with Crippen LogP contribution in [0, 0.1) is 6.92 Å². The lowest BCUT2D eigenvalue weighted by Crippen LogP contribution is -2.52. The number of benzene rings is 3. The number of ether oxygens (including phenoxy) is 1. The maximum absolute atomic E-state index is 13.3. The molecule has 0 spiro atoms. The Balaban J connectivity index is 1.27. The second-order valence-corrected chi connectivity index (χ2v) is 13.7. The molecule has 1 amide bonds. The summed E-state index contributed by atoms with van der Waals surface area (Å²) in [5, 5.41) is 2.01. The van der Waals surface area contributed by atoms with Gasteiger partial charge in [-0.25, -0.2) is 13.4 Å². The molecule has 2 unspecified atom stereocenters. The van der Waals surface area contributed by atoms with E-state index < -0.39 is 10.0 Å². The quantitative estimate of drug-likeness (QED) is 0.369. The van der Waals surface area contributed by atoms with Gasteiger partial charge in [-0.2, -0.15) is 0 Å². The van der Waals surface area contributed by atoms with Crippen LogP contribution in [0.3, 0.4) is 0 Å². The predicted molar refractivity (Wildman–Crippen MR) is 171 cm³/mol. The third-order valence-corrected chi connectivity index (χ3v) is 10.1. The molecule has 2 fully saturated rings. The summed E-state index contributed by atoms with van der Waals surface area (Å²) >= 11 is 0. The standard InChI is InChI=1S/C33H43N5O4S/c1-23-19-25(33(39)34-38-17-6-7-28(22-38)36(2)3)10-14-30(23)24-8-12-29(13-9-24)43(40,41)35-27-11-15-32(42-5)31(20-27)26-16-18-37(4)21-26/h8-15,19-20,26,28,35H,6-7,16-18,21-22H2,1-5H3,(H,34,39). The van der Waals surface area contributed by atoms with Gasteiger partial charge in [-0.1, -0.05) is 18.2 Å². The van der Waals surface area contributed by atoms with Crippen LogP contribution >= 0.6 is 0 Å². The van der Waals surface area contributed by atoms with Crippen molar-refractivity contribution in [2.24, 2.45) is 0 Å². The molecule has 0 aliphatic carbocycles. The average Bonchev–Trinajstić information content (AvgIpc) is 3.43. The molecule has 3 aromatic rings. The first-order valence-electron chi connectivity index (χ1n) is 14.9. The molecule has 0 radical (unpaired) electrons. The number of anilines is 1. The minimum absolute atomic E-state index is 0.122. The number of carbonyl (C=O) groups excluding carboxylic acids is 1. The number of aryl methyl sites for hydroxylation is 1. The van der Waals surface area contributed by atoms with Crippen molar-refractivity contribution in [2.75, 3.05) is 59.2 Å². The van der Waals surface area contributed by atoms with E-state index in [2.05, 4.69) is 41.1 Å². The Morgan fingerprint density at radius 2 is 1.74 bits per heavy atom. The van der Waals surface area contributed by atoms with Gasteiger partial charge in [-0.15, -0.1) is 0 Å². The van der Waals surface area contributed by atoms with Crippen molar-refractivity contribution >= 4 is 21.6 Å². The summed E-state index contributed by atoms with van der Waals surface area (Å²) in [6.45, 7) is 5.52. The molecule has 230 valence electrons. The Kier molecular flexibility index (Phi) is 9.41. The number of sulfonamides is 1. The fraction of sp³-hybridized carbons (Fsp3) is 0.424. The Hall–Kier alpha value is -3.44. The molecule has 43 heavy (non-hydrogen) atoms. The number of likely N-dealkylation sites (tertiary alicyclic amines) is 1. The van der Waals surface area contributed by atoms with Crippen LogP contribution in [-0.2, 0) is 10.0 Å². The van der Waals surface area contributed by atoms with Crippen molar-refractivity contribution in [1.82, 2.24) is 20.2 Å². The number of methoxy groups -OCH3 is 1. The summed E-state index contributed by atoms with van der Waals surface area (Å²) < 4.78 is 34.9. The van der Waals surface area contributed by atoms with Crippen LogP contribution in [0.2, 0.25) is 0 Å². The van der Waals surface area contributed by atoms with Crippen molar-refractivity contribution in [1.29, 1.82) is 0 Å². The molecule has 2 saturated heterocycles. The first-order chi connectivity index (χ1) is 20.5. The molecule has 5 rings (SSSR count). The van der Waals surface area contributed by atoms with Crippen LogP contribution in [0.15, 0.2) is 65.6 Å². The number of likely N-dealkylation sites (N-methyl/N-ethyl adjacent to an activating group) is 2. The van der Waals surface area contributed by atoms with E-state index in [1.807, 2.05) is 42.3 Å². The van der Waals surface area contributed by atoms with Gasteiger partial charge in [0.15, 0.2) is 0 Å². The van der Waals surface area contributed by atoms with Gasteiger partial charge in [0.1, 0.15) is 5.75 Å². The molecule has 0 saturated carbocycles. The molecule has 2 aliphatic heterocycles. The van der Waals surface area contributed by atoms with E-state index in [0.29, 0.717) is 23.2 Å². The van der Waals surface area contributed by atoms with Crippen LogP contribution in [0.4, 0.5) is 5.69 Å². The van der Waals surface area contributed by atoms with E-state index in [1.165, 1.54) is 0 Å². The normalized spacial score (nSPS) is 19.9. The Morgan fingerprint density at radius 3 is 2.40 bits per heavy atom. The highest BCUT2D eigenvalue weighted by Crippen LogP contribution is 2.35. The highest BCUT2D eigenvalue weighted by Gasteiger charge is 2.26. The summed E-state index contributed by atoms with van der Waals surface area (Å²) in [5.41, 5.74) is 7.96. The van der Waals surface area contributed by atoms with Gasteiger partial charge in [0.05, 0.1) is 12.0 Å². The largest absolute Gasteiger partial charge is 0.496 e. The van der Waals surface area contributed by atoms with Gasteiger partial charge >= 0.3 is 0 Å². The highest BCUT2D eigenvalue weighted by molar-refractivity contribution is 7.92. The summed E-state index contributed by atoms with van der Waals surface area (Å²) in [7, 11) is 4.08. The van der Waals surface area contributed by atoms with Crippen LogP contribution in [-0.4, -0.2) is 89.6 Å². The first-order valence-corrected chi connectivity index (χ1v) is 16.3. The lowest BCUT2D eigenvalue weighted by atomic mass is 9.97. The molecule has 2 N–H and O–H groups in total. The van der Waals surface area contributed by atoms with Gasteiger partial charge in [-0.3, -0.25) is 14.9 Å². The Bertz CT molecular complexity index is 1560. The molecule has 0 bridgehead atoms. The fourth-order valence-electron chi connectivity index (χ4n) is 6.15. The van der Waals surface area contributed by atoms with Crippen molar-refractivity contribution in [3.8, 4) is 16.9 Å². The topological polar surface area (TPSA) is 94.2 Å². The maximum atomic E-state index is 13.3. The van der Waals surface area contributed by atoms with E-state index in [-0.39, 0.29) is 10.8 Å². The molecule has 2 aliphatic rings. The van der Waals surface area contributed by atoms with E-state index in [9.17, 15) is 13.2 Å². The van der Waals surface area contributed by atoms with Crippen molar-refractivity contribution < 1.29 is 17.9 Å². The van der Waals surface area contributed by atoms with Crippen molar-refractivity contribution in [3.63, 3.8) is 0 Å². The summed E-state index contributed by atoms with van der Waals surface area (Å²) in [6, 6.07) is 18.3. The molecule has 10 heteroatoms. The lowest BCUT2D eigenvalue weighted by Gasteiger charge is -2.36. The number of hydrogen-bond donors (Lipinski definition) is 2. The third-order valence-electron chi connectivity index (χ3n) is 8.66. The average molecular weight is 606 g/mol. The van der Waals surface area contributed by atoms with Gasteiger partial charge in [0.2, 0.25) is 0 Å². The molecule has 2 heterocycles. The zero-order chi connectivity index (χ0) is 30.7. The SMILES string of the molecule is COc1ccc(NS(=O)(=O)c2ccc(-c3ccc(C(=O)NN4CCCC(N(C)C)C4)cc3C)cc2)cc1C1CCN(C)C1. The number of nitrogens with one attached hydrogen (secondary N) is 2. The Morgan fingerprint density at radius 1 is 0.977 bits per heavy atom. The molecular weight excluding hydrogens is 562 g/mol. The number of hydrazine groups is 1. The highest BCUT2D eigenvalue weighted by atomic mass is 32.2. The number of piperidine rings is 1. The van der Waals surface area contributed by atoms with Crippen LogP contribution < -0.4 is 14.9 Å². The summed E-state index contributed by atoms with van der Waals surface area (Å²) in [5.74, 6) is 0.948. The van der Waals surface area contributed by atoms with E-state index in [4.69, 9.17) is 4.74 Å². The molecular formula is C33H43N5O4S. The zero-order valence-corrected chi connectivity index (χ0v) is 26.6. The van der Waals surface area contributed by atoms with Crippen LogP contribution in [0.5, 0.6) is 5.75 Å². The van der Waals surface area contributed by atoms with E-state index in [0.717, 1.165) is 73.4 Å². The van der Waals surface area contributed by atoms with Crippen molar-refractivity contribution in [3.05, 3.63) is 77.4 Å². The third kappa shape index (κ3) is 7.21. The minimum atomic E-state index is -3.80. The maximum Gasteiger partial charge on any atom is 0.265 e. The fourth-order valence-corrected chi connectivity index (χ4v) is 7.20. The Labute approximate surface area is 255 Å². The predicted octanol–water partition coefficient (Wildman–Crippen LogP) is 4.56. The summed E-state index contributed by atoms with van der Waals surface area (Å²) in [4.78, 5) is 17.6. The lowest BCUT2D eigenvalue weighted by molar-refractivity contribution is 0.0616. The second kappa shape index (κ2) is 13.1. The number of hydrogen-bond acceptors (Lipinski definition) is 7. The number of carbonyl (C=O) groups is 1. The molecule has 0 aromatic heterocycles. The molecule has 3 aromatic carbocycles. The summed E-state index contributed by atoms with van der Waals surface area (Å²) in [6.07, 6.45) is 3.18. The van der Waals surface area contributed by atoms with Crippen LogP contribution in [0.1, 0.15) is 46.7 Å². The van der Waals surface area contributed by atoms with Crippen molar-refractivity contribution in [2.45, 2.75) is 43.0 Å². The smallest absolute Gasteiger partial charge is 0.265 e. The monoisotopic (exact) mass is 605 g/mol. The number of nitrogens with zero attached hydrogens (tertiary/aromatic N) is 3. The second-order valence-electron chi connectivity index (χ2n) is 12.0. The molecule has 2 atom stereocenters. The van der Waals surface area contributed by atoms with Gasteiger partial charge in [0.25, 0.3) is 15.9 Å². The number of amides is 1. The van der Waals surface area contributed by atoms with Gasteiger partial charge in [-0.05, 0) is 113 Å². The zero-order valence-electron chi connectivity index (χ0n) is 25.8. The number of rotatable bonds is 9. The minimum Gasteiger partial charge on any atom is -0.496 e. The first kappa shape index (κ1) is 31.0. The van der Waals surface area contributed by atoms with Gasteiger partial charge < -0.3 is 14.5 Å². The van der Waals surface area contributed by atoms with Gasteiger partial charge in [0, 0.05) is 48.4 Å². The molecule has 9 nitrogen and oxygen atoms in total. The van der Waals surface area contributed by atoms with E-state index >= 15 is 0 Å². The van der Waals surface area contributed by atoms with E-state index in [1.54, 1.807) is 37.4 Å². The van der Waals surface area contributed by atoms with Crippen LogP contribution in [0.25, 0.3) is 11.1 Å².